The first kappa shape index (κ1) is 11.4. The molecule has 1 aromatic carbocycles. The predicted molar refractivity (Wildman–Crippen MR) is 57.7 cm³/mol. The van der Waals surface area contributed by atoms with Crippen LogP contribution in [-0.4, -0.2) is 19.7 Å². The minimum atomic E-state index is -0.310. The fourth-order valence-electron chi connectivity index (χ4n) is 1.22. The Hall–Kier alpha value is -1.71. The molecule has 4 nitrogen and oxygen atoms in total. The number of methoxy groups -OCH3 is 1. The minimum Gasteiger partial charge on any atom is -0.494 e. The van der Waals surface area contributed by atoms with Crippen LogP contribution in [0, 0.1) is 0 Å². The number of nitrogen functional groups attached to an aromatic ring is 1. The molecule has 0 aliphatic rings. The standard InChI is InChI=1S/C11H15NO3/c1-3-15-9-4-5-10(12)8(6-9)7-11(13)14-2/h4-6H,3,7,12H2,1-2H3. The van der Waals surface area contributed by atoms with Crippen molar-refractivity contribution in [3.8, 4) is 5.75 Å². The Morgan fingerprint density at radius 3 is 2.80 bits per heavy atom. The second-order valence-corrected chi connectivity index (χ2v) is 3.05. The van der Waals surface area contributed by atoms with E-state index in [1.807, 2.05) is 6.92 Å². The van der Waals surface area contributed by atoms with Gasteiger partial charge in [0.15, 0.2) is 0 Å². The molecule has 0 saturated carbocycles. The summed E-state index contributed by atoms with van der Waals surface area (Å²) in [5.74, 6) is 0.404. The first-order valence-electron chi connectivity index (χ1n) is 4.75. The molecule has 0 heterocycles. The first-order valence-corrected chi connectivity index (χ1v) is 4.75. The Bertz CT molecular complexity index is 350. The normalized spacial score (nSPS) is 9.73. The highest BCUT2D eigenvalue weighted by Crippen LogP contribution is 2.20. The zero-order chi connectivity index (χ0) is 11.3. The molecule has 0 saturated heterocycles. The second kappa shape index (κ2) is 5.24. The van der Waals surface area contributed by atoms with Gasteiger partial charge in [-0.2, -0.15) is 0 Å². The van der Waals surface area contributed by atoms with Crippen molar-refractivity contribution in [2.75, 3.05) is 19.5 Å². The Balaban J connectivity index is 2.85. The molecule has 0 unspecified atom stereocenters. The molecule has 2 N–H and O–H groups in total. The number of benzene rings is 1. The molecule has 4 heteroatoms. The molecule has 15 heavy (non-hydrogen) atoms. The molecular formula is C11H15NO3. The Morgan fingerprint density at radius 2 is 2.20 bits per heavy atom. The Labute approximate surface area is 89.0 Å². The van der Waals surface area contributed by atoms with Crippen LogP contribution in [0.15, 0.2) is 18.2 Å². The van der Waals surface area contributed by atoms with Crippen molar-refractivity contribution in [1.29, 1.82) is 0 Å². The Kier molecular flexibility index (Phi) is 3.97. The molecule has 0 amide bonds. The van der Waals surface area contributed by atoms with Crippen LogP contribution in [0.3, 0.4) is 0 Å². The highest BCUT2D eigenvalue weighted by molar-refractivity contribution is 5.75. The average molecular weight is 209 g/mol. The van der Waals surface area contributed by atoms with Crippen molar-refractivity contribution in [2.45, 2.75) is 13.3 Å². The van der Waals surface area contributed by atoms with E-state index >= 15 is 0 Å². The van der Waals surface area contributed by atoms with Crippen molar-refractivity contribution in [3.63, 3.8) is 0 Å². The van der Waals surface area contributed by atoms with E-state index in [1.54, 1.807) is 18.2 Å². The van der Waals surface area contributed by atoms with Crippen LogP contribution in [0.4, 0.5) is 5.69 Å². The molecule has 0 spiro atoms. The largest absolute Gasteiger partial charge is 0.494 e. The van der Waals surface area contributed by atoms with E-state index in [2.05, 4.69) is 4.74 Å². The number of hydrogen-bond donors (Lipinski definition) is 1. The lowest BCUT2D eigenvalue weighted by Crippen LogP contribution is -2.07. The molecule has 0 aromatic heterocycles. The van der Waals surface area contributed by atoms with Crippen molar-refractivity contribution < 1.29 is 14.3 Å². The molecule has 0 atom stereocenters. The molecule has 0 radical (unpaired) electrons. The van der Waals surface area contributed by atoms with Gasteiger partial charge in [0.1, 0.15) is 5.75 Å². The summed E-state index contributed by atoms with van der Waals surface area (Å²) in [5, 5.41) is 0. The van der Waals surface area contributed by atoms with Gasteiger partial charge in [-0.05, 0) is 30.7 Å². The van der Waals surface area contributed by atoms with Gasteiger partial charge in [0.05, 0.1) is 20.1 Å². The summed E-state index contributed by atoms with van der Waals surface area (Å²) in [6.45, 7) is 2.48. The van der Waals surface area contributed by atoms with Crippen molar-refractivity contribution in [2.24, 2.45) is 0 Å². The van der Waals surface area contributed by atoms with E-state index in [1.165, 1.54) is 7.11 Å². The molecule has 1 aromatic rings. The second-order valence-electron chi connectivity index (χ2n) is 3.05. The maximum absolute atomic E-state index is 11.1. The third kappa shape index (κ3) is 3.16. The van der Waals surface area contributed by atoms with Crippen LogP contribution in [0.25, 0.3) is 0 Å². The molecule has 82 valence electrons. The minimum absolute atomic E-state index is 0.170. The summed E-state index contributed by atoms with van der Waals surface area (Å²) >= 11 is 0. The summed E-state index contributed by atoms with van der Waals surface area (Å²) in [7, 11) is 1.35. The summed E-state index contributed by atoms with van der Waals surface area (Å²) in [4.78, 5) is 11.1. The van der Waals surface area contributed by atoms with Crippen LogP contribution < -0.4 is 10.5 Å². The lowest BCUT2D eigenvalue weighted by atomic mass is 10.1. The maximum atomic E-state index is 11.1. The van der Waals surface area contributed by atoms with Crippen LogP contribution >= 0.6 is 0 Å². The summed E-state index contributed by atoms with van der Waals surface area (Å²) < 4.78 is 9.88. The van der Waals surface area contributed by atoms with Crippen molar-refractivity contribution in [3.05, 3.63) is 23.8 Å². The fourth-order valence-corrected chi connectivity index (χ4v) is 1.22. The summed E-state index contributed by atoms with van der Waals surface area (Å²) in [6.07, 6.45) is 0.170. The van der Waals surface area contributed by atoms with Gasteiger partial charge in [-0.1, -0.05) is 0 Å². The quantitative estimate of drug-likeness (QED) is 0.601. The van der Waals surface area contributed by atoms with Crippen molar-refractivity contribution >= 4 is 11.7 Å². The van der Waals surface area contributed by atoms with E-state index in [0.29, 0.717) is 18.0 Å². The Morgan fingerprint density at radius 1 is 1.47 bits per heavy atom. The van der Waals surface area contributed by atoms with E-state index in [9.17, 15) is 4.79 Å². The SMILES string of the molecule is CCOc1ccc(N)c(CC(=O)OC)c1. The van der Waals surface area contributed by atoms with Crippen LogP contribution in [0.2, 0.25) is 0 Å². The topological polar surface area (TPSA) is 61.5 Å². The number of nitrogens with two attached hydrogens (primary N) is 1. The fraction of sp³-hybridized carbons (Fsp3) is 0.364. The molecule has 0 aliphatic heterocycles. The van der Waals surface area contributed by atoms with Gasteiger partial charge in [0, 0.05) is 5.69 Å². The lowest BCUT2D eigenvalue weighted by molar-refractivity contribution is -0.139. The number of carbonyl (C=O) groups is 1. The van der Waals surface area contributed by atoms with E-state index < -0.39 is 0 Å². The summed E-state index contributed by atoms with van der Waals surface area (Å²) in [5.41, 5.74) is 7.03. The number of ether oxygens (including phenoxy) is 2. The van der Waals surface area contributed by atoms with Gasteiger partial charge < -0.3 is 15.2 Å². The van der Waals surface area contributed by atoms with Gasteiger partial charge in [-0.3, -0.25) is 4.79 Å². The maximum Gasteiger partial charge on any atom is 0.310 e. The predicted octanol–water partition coefficient (Wildman–Crippen LogP) is 1.38. The van der Waals surface area contributed by atoms with E-state index in [-0.39, 0.29) is 12.4 Å². The van der Waals surface area contributed by atoms with Crippen LogP contribution in [0.5, 0.6) is 5.75 Å². The molecule has 1 rings (SSSR count). The number of hydrogen-bond acceptors (Lipinski definition) is 4. The van der Waals surface area contributed by atoms with Crippen LogP contribution in [-0.2, 0) is 16.0 Å². The number of anilines is 1. The van der Waals surface area contributed by atoms with E-state index in [4.69, 9.17) is 10.5 Å². The zero-order valence-electron chi connectivity index (χ0n) is 8.95. The summed E-state index contributed by atoms with van der Waals surface area (Å²) in [6, 6.07) is 5.26. The number of rotatable bonds is 4. The third-order valence-electron chi connectivity index (χ3n) is 1.99. The molecule has 0 fully saturated rings. The van der Waals surface area contributed by atoms with E-state index in [0.717, 1.165) is 5.56 Å². The monoisotopic (exact) mass is 209 g/mol. The zero-order valence-corrected chi connectivity index (χ0v) is 8.95. The first-order chi connectivity index (χ1) is 7.17. The number of carbonyl (C=O) groups excluding carboxylic acids is 1. The third-order valence-corrected chi connectivity index (χ3v) is 1.99. The number of esters is 1. The lowest BCUT2D eigenvalue weighted by Gasteiger charge is -2.08. The highest BCUT2D eigenvalue weighted by atomic mass is 16.5. The smallest absolute Gasteiger partial charge is 0.310 e. The molecular weight excluding hydrogens is 194 g/mol. The van der Waals surface area contributed by atoms with Gasteiger partial charge in [0.25, 0.3) is 0 Å². The van der Waals surface area contributed by atoms with Crippen molar-refractivity contribution in [1.82, 2.24) is 0 Å². The average Bonchev–Trinajstić information content (AvgIpc) is 2.23. The highest BCUT2D eigenvalue weighted by Gasteiger charge is 2.07. The van der Waals surface area contributed by atoms with Crippen LogP contribution in [0.1, 0.15) is 12.5 Å². The molecule has 0 aliphatic carbocycles. The van der Waals surface area contributed by atoms with Gasteiger partial charge in [-0.15, -0.1) is 0 Å². The van der Waals surface area contributed by atoms with Gasteiger partial charge >= 0.3 is 5.97 Å². The van der Waals surface area contributed by atoms with Gasteiger partial charge in [0.2, 0.25) is 0 Å². The molecule has 0 bridgehead atoms. The van der Waals surface area contributed by atoms with Gasteiger partial charge in [-0.25, -0.2) is 0 Å².